The Balaban J connectivity index is 2.02. The fourth-order valence-electron chi connectivity index (χ4n) is 1.32. The first-order chi connectivity index (χ1) is 8.66. The molecule has 92 valence electrons. The number of hydrogen-bond acceptors (Lipinski definition) is 3. The zero-order valence-corrected chi connectivity index (χ0v) is 11.6. The Bertz CT molecular complexity index is 560. The molecule has 2 nitrogen and oxygen atoms in total. The molecule has 0 amide bonds. The number of nitrogens with zero attached hydrogens (tertiary/aromatic N) is 1. The van der Waals surface area contributed by atoms with Crippen LogP contribution in [0.1, 0.15) is 10.4 Å². The summed E-state index contributed by atoms with van der Waals surface area (Å²) in [5.74, 6) is 0.332. The van der Waals surface area contributed by atoms with Crippen LogP contribution in [0.25, 0.3) is 0 Å². The fraction of sp³-hybridized carbons (Fsp3) is 0.0769. The number of halogens is 2. The van der Waals surface area contributed by atoms with Gasteiger partial charge in [0.1, 0.15) is 0 Å². The number of hydrogen-bond donors (Lipinski definition) is 0. The van der Waals surface area contributed by atoms with Gasteiger partial charge in [0, 0.05) is 11.8 Å². The maximum absolute atomic E-state index is 11.9. The van der Waals surface area contributed by atoms with E-state index in [2.05, 4.69) is 4.98 Å². The lowest BCUT2D eigenvalue weighted by molar-refractivity contribution is 0.102. The van der Waals surface area contributed by atoms with Gasteiger partial charge >= 0.3 is 0 Å². The molecule has 0 atom stereocenters. The van der Waals surface area contributed by atoms with Crippen molar-refractivity contribution in [1.82, 2.24) is 4.98 Å². The van der Waals surface area contributed by atoms with Crippen LogP contribution in [0.15, 0.2) is 47.6 Å². The number of rotatable bonds is 4. The zero-order valence-electron chi connectivity index (χ0n) is 9.27. The van der Waals surface area contributed by atoms with Crippen molar-refractivity contribution in [1.29, 1.82) is 0 Å². The molecule has 0 spiro atoms. The molecule has 0 aliphatic heterocycles. The van der Waals surface area contributed by atoms with Crippen LogP contribution in [0.4, 0.5) is 0 Å². The lowest BCUT2D eigenvalue weighted by Gasteiger charge is -2.02. The molecule has 1 aromatic carbocycles. The van der Waals surface area contributed by atoms with Crippen molar-refractivity contribution < 1.29 is 4.79 Å². The minimum atomic E-state index is 0.00391. The SMILES string of the molecule is O=C(CSc1ccccn1)c1ccc(Cl)c(Cl)c1. The number of pyridine rings is 1. The average Bonchev–Trinajstić information content (AvgIpc) is 2.40. The highest BCUT2D eigenvalue weighted by atomic mass is 35.5. The highest BCUT2D eigenvalue weighted by Crippen LogP contribution is 2.24. The second kappa shape index (κ2) is 6.23. The van der Waals surface area contributed by atoms with E-state index < -0.39 is 0 Å². The van der Waals surface area contributed by atoms with E-state index in [0.29, 0.717) is 21.4 Å². The van der Waals surface area contributed by atoms with Crippen molar-refractivity contribution >= 4 is 40.7 Å². The topological polar surface area (TPSA) is 30.0 Å². The summed E-state index contributed by atoms with van der Waals surface area (Å²) >= 11 is 13.1. The van der Waals surface area contributed by atoms with E-state index in [4.69, 9.17) is 23.2 Å². The van der Waals surface area contributed by atoms with Crippen LogP contribution < -0.4 is 0 Å². The third-order valence-electron chi connectivity index (χ3n) is 2.23. The molecule has 0 unspecified atom stereocenters. The van der Waals surface area contributed by atoms with Crippen molar-refractivity contribution in [3.8, 4) is 0 Å². The van der Waals surface area contributed by atoms with Gasteiger partial charge in [-0.25, -0.2) is 4.98 Å². The number of thioether (sulfide) groups is 1. The van der Waals surface area contributed by atoms with E-state index in [-0.39, 0.29) is 5.78 Å². The van der Waals surface area contributed by atoms with E-state index in [1.807, 2.05) is 18.2 Å². The summed E-state index contributed by atoms with van der Waals surface area (Å²) in [6.07, 6.45) is 1.70. The second-order valence-corrected chi connectivity index (χ2v) is 5.32. The standard InChI is InChI=1S/C13H9Cl2NOS/c14-10-5-4-9(7-11(10)15)12(17)8-18-13-3-1-2-6-16-13/h1-7H,8H2. The van der Waals surface area contributed by atoms with E-state index in [1.165, 1.54) is 11.8 Å². The molecule has 0 fully saturated rings. The van der Waals surface area contributed by atoms with Gasteiger partial charge in [-0.05, 0) is 30.3 Å². The lowest BCUT2D eigenvalue weighted by atomic mass is 10.1. The van der Waals surface area contributed by atoms with Crippen LogP contribution in [-0.4, -0.2) is 16.5 Å². The predicted molar refractivity (Wildman–Crippen MR) is 75.8 cm³/mol. The summed E-state index contributed by atoms with van der Waals surface area (Å²) in [4.78, 5) is 16.1. The van der Waals surface area contributed by atoms with Crippen LogP contribution in [-0.2, 0) is 0 Å². The molecule has 18 heavy (non-hydrogen) atoms. The minimum Gasteiger partial charge on any atom is -0.293 e. The number of Topliss-reactive ketones (excluding diaryl/α,β-unsaturated/α-hetero) is 1. The number of aromatic nitrogens is 1. The van der Waals surface area contributed by atoms with Gasteiger partial charge in [-0.2, -0.15) is 0 Å². The molecule has 0 radical (unpaired) electrons. The van der Waals surface area contributed by atoms with Crippen molar-refractivity contribution in [2.45, 2.75) is 5.03 Å². The van der Waals surface area contributed by atoms with E-state index in [9.17, 15) is 4.79 Å². The Morgan fingerprint density at radius 1 is 1.17 bits per heavy atom. The molecule has 0 saturated heterocycles. The van der Waals surface area contributed by atoms with Crippen LogP contribution in [0, 0.1) is 0 Å². The quantitative estimate of drug-likeness (QED) is 0.620. The Hall–Kier alpha value is -1.03. The maximum Gasteiger partial charge on any atom is 0.173 e. The van der Waals surface area contributed by atoms with Crippen LogP contribution >= 0.6 is 35.0 Å². The number of benzene rings is 1. The molecule has 0 saturated carbocycles. The van der Waals surface area contributed by atoms with Crippen molar-refractivity contribution in [3.63, 3.8) is 0 Å². The van der Waals surface area contributed by atoms with Crippen LogP contribution in [0.3, 0.4) is 0 Å². The third-order valence-corrected chi connectivity index (χ3v) is 3.91. The lowest BCUT2D eigenvalue weighted by Crippen LogP contribution is -2.02. The van der Waals surface area contributed by atoms with E-state index in [0.717, 1.165) is 5.03 Å². The predicted octanol–water partition coefficient (Wildman–Crippen LogP) is 4.36. The minimum absolute atomic E-state index is 0.00391. The summed E-state index contributed by atoms with van der Waals surface area (Å²) in [5, 5.41) is 1.67. The Morgan fingerprint density at radius 3 is 2.67 bits per heavy atom. The highest BCUT2D eigenvalue weighted by molar-refractivity contribution is 7.99. The van der Waals surface area contributed by atoms with Gasteiger partial charge in [0.05, 0.1) is 20.8 Å². The second-order valence-electron chi connectivity index (χ2n) is 3.51. The summed E-state index contributed by atoms with van der Waals surface area (Å²) in [6.45, 7) is 0. The van der Waals surface area contributed by atoms with Crippen molar-refractivity contribution in [2.75, 3.05) is 5.75 Å². The average molecular weight is 298 g/mol. The Kier molecular flexibility index (Phi) is 4.64. The van der Waals surface area contributed by atoms with Crippen LogP contribution in [0.2, 0.25) is 10.0 Å². The first kappa shape index (κ1) is 13.4. The summed E-state index contributed by atoms with van der Waals surface area (Å²) < 4.78 is 0. The van der Waals surface area contributed by atoms with E-state index >= 15 is 0 Å². The molecular formula is C13H9Cl2NOS. The Labute approximate surface area is 119 Å². The van der Waals surface area contributed by atoms with Gasteiger partial charge in [-0.1, -0.05) is 41.0 Å². The molecule has 2 aromatic rings. The molecule has 0 N–H and O–H groups in total. The third kappa shape index (κ3) is 3.48. The fourth-order valence-corrected chi connectivity index (χ4v) is 2.38. The largest absolute Gasteiger partial charge is 0.293 e. The normalized spacial score (nSPS) is 10.3. The van der Waals surface area contributed by atoms with Crippen molar-refractivity contribution in [3.05, 3.63) is 58.2 Å². The van der Waals surface area contributed by atoms with Gasteiger partial charge in [-0.15, -0.1) is 0 Å². The van der Waals surface area contributed by atoms with E-state index in [1.54, 1.807) is 24.4 Å². The molecule has 0 aliphatic rings. The molecule has 0 aliphatic carbocycles. The van der Waals surface area contributed by atoms with Crippen molar-refractivity contribution in [2.24, 2.45) is 0 Å². The molecular weight excluding hydrogens is 289 g/mol. The summed E-state index contributed by atoms with van der Waals surface area (Å²) in [6, 6.07) is 10.5. The number of ketones is 1. The molecule has 1 heterocycles. The van der Waals surface area contributed by atoms with Gasteiger partial charge in [0.2, 0.25) is 0 Å². The van der Waals surface area contributed by atoms with Gasteiger partial charge in [0.25, 0.3) is 0 Å². The molecule has 5 heteroatoms. The van der Waals surface area contributed by atoms with Gasteiger partial charge in [0.15, 0.2) is 5.78 Å². The summed E-state index contributed by atoms with van der Waals surface area (Å²) in [7, 11) is 0. The Morgan fingerprint density at radius 2 is 2.00 bits per heavy atom. The molecule has 2 rings (SSSR count). The first-order valence-corrected chi connectivity index (χ1v) is 6.93. The molecule has 0 bridgehead atoms. The highest BCUT2D eigenvalue weighted by Gasteiger charge is 2.09. The van der Waals surface area contributed by atoms with Crippen LogP contribution in [0.5, 0.6) is 0 Å². The van der Waals surface area contributed by atoms with Gasteiger partial charge in [-0.3, -0.25) is 4.79 Å². The first-order valence-electron chi connectivity index (χ1n) is 5.19. The maximum atomic E-state index is 11.9. The van der Waals surface area contributed by atoms with Gasteiger partial charge < -0.3 is 0 Å². The zero-order chi connectivity index (χ0) is 13.0. The monoisotopic (exact) mass is 297 g/mol. The number of carbonyl (C=O) groups excluding carboxylic acids is 1. The smallest absolute Gasteiger partial charge is 0.173 e. The number of carbonyl (C=O) groups is 1. The summed E-state index contributed by atoms with van der Waals surface area (Å²) in [5.41, 5.74) is 0.563. The molecule has 1 aromatic heterocycles.